The Morgan fingerprint density at radius 3 is 2.94 bits per heavy atom. The van der Waals surface area contributed by atoms with E-state index in [1.54, 1.807) is 0 Å². The Labute approximate surface area is 95.0 Å². The highest BCUT2D eigenvalue weighted by Gasteiger charge is 2.32. The Morgan fingerprint density at radius 2 is 2.25 bits per heavy atom. The average Bonchev–Trinajstić information content (AvgIpc) is 2.77. The molecule has 86 valence electrons. The maximum Gasteiger partial charge on any atom is 0.328 e. The summed E-state index contributed by atoms with van der Waals surface area (Å²) in [6.07, 6.45) is 1.83. The van der Waals surface area contributed by atoms with E-state index in [1.165, 1.54) is 7.11 Å². The number of anilines is 2. The van der Waals surface area contributed by atoms with Crippen molar-refractivity contribution >= 4 is 17.3 Å². The minimum absolute atomic E-state index is 0.180. The zero-order valence-corrected chi connectivity index (χ0v) is 9.35. The van der Waals surface area contributed by atoms with Gasteiger partial charge in [0, 0.05) is 6.54 Å². The van der Waals surface area contributed by atoms with Gasteiger partial charge >= 0.3 is 5.97 Å². The maximum atomic E-state index is 11.6. The number of nitrogens with zero attached hydrogens (tertiary/aromatic N) is 1. The van der Waals surface area contributed by atoms with Gasteiger partial charge in [-0.1, -0.05) is 12.1 Å². The summed E-state index contributed by atoms with van der Waals surface area (Å²) in [7, 11) is 1.42. The van der Waals surface area contributed by atoms with Gasteiger partial charge in [0.2, 0.25) is 0 Å². The number of hydrogen-bond acceptors (Lipinski definition) is 4. The van der Waals surface area contributed by atoms with E-state index in [9.17, 15) is 4.79 Å². The molecule has 1 aromatic carbocycles. The van der Waals surface area contributed by atoms with Crippen molar-refractivity contribution in [1.29, 1.82) is 0 Å². The third-order valence-electron chi connectivity index (χ3n) is 2.97. The number of carbonyl (C=O) groups is 1. The lowest BCUT2D eigenvalue weighted by Gasteiger charge is -2.25. The Hall–Kier alpha value is -1.71. The van der Waals surface area contributed by atoms with E-state index in [-0.39, 0.29) is 12.0 Å². The third kappa shape index (κ3) is 1.83. The molecule has 0 bridgehead atoms. The second-order valence-corrected chi connectivity index (χ2v) is 3.93. The Balaban J connectivity index is 2.27. The van der Waals surface area contributed by atoms with Gasteiger partial charge in [-0.2, -0.15) is 0 Å². The largest absolute Gasteiger partial charge is 0.467 e. The van der Waals surface area contributed by atoms with Crippen LogP contribution in [0.2, 0.25) is 0 Å². The van der Waals surface area contributed by atoms with Crippen LogP contribution in [-0.2, 0) is 9.53 Å². The first-order chi connectivity index (χ1) is 7.74. The van der Waals surface area contributed by atoms with Gasteiger partial charge in [0.05, 0.1) is 18.5 Å². The SMILES string of the molecule is COC(=O)[C@H]1CCCN1c1ccccc1N. The van der Waals surface area contributed by atoms with Gasteiger partial charge in [0.25, 0.3) is 0 Å². The molecule has 1 heterocycles. The van der Waals surface area contributed by atoms with Gasteiger partial charge in [-0.15, -0.1) is 0 Å². The molecular formula is C12H16N2O2. The van der Waals surface area contributed by atoms with Crippen molar-refractivity contribution in [3.05, 3.63) is 24.3 Å². The number of benzene rings is 1. The van der Waals surface area contributed by atoms with Crippen LogP contribution in [0.4, 0.5) is 11.4 Å². The van der Waals surface area contributed by atoms with Crippen LogP contribution in [0.5, 0.6) is 0 Å². The number of hydrogen-bond donors (Lipinski definition) is 1. The topological polar surface area (TPSA) is 55.6 Å². The molecule has 2 rings (SSSR count). The zero-order chi connectivity index (χ0) is 11.5. The number of para-hydroxylation sites is 2. The van der Waals surface area contributed by atoms with Crippen molar-refractivity contribution in [2.24, 2.45) is 0 Å². The molecule has 0 radical (unpaired) electrons. The van der Waals surface area contributed by atoms with Gasteiger partial charge in [-0.05, 0) is 25.0 Å². The summed E-state index contributed by atoms with van der Waals surface area (Å²) in [5.41, 5.74) is 7.54. The van der Waals surface area contributed by atoms with Gasteiger partial charge in [-0.3, -0.25) is 0 Å². The lowest BCUT2D eigenvalue weighted by molar-refractivity contribution is -0.141. The molecule has 16 heavy (non-hydrogen) atoms. The fraction of sp³-hybridized carbons (Fsp3) is 0.417. The van der Waals surface area contributed by atoms with Crippen molar-refractivity contribution in [1.82, 2.24) is 0 Å². The molecule has 1 aliphatic rings. The minimum atomic E-state index is -0.185. The van der Waals surface area contributed by atoms with Gasteiger partial charge in [-0.25, -0.2) is 4.79 Å². The Bertz CT molecular complexity index is 392. The summed E-state index contributed by atoms with van der Waals surface area (Å²) in [4.78, 5) is 13.6. The summed E-state index contributed by atoms with van der Waals surface area (Å²) in [6.45, 7) is 0.855. The van der Waals surface area contributed by atoms with E-state index < -0.39 is 0 Å². The van der Waals surface area contributed by atoms with Crippen LogP contribution < -0.4 is 10.6 Å². The van der Waals surface area contributed by atoms with E-state index in [0.717, 1.165) is 25.1 Å². The van der Waals surface area contributed by atoms with Gasteiger partial charge < -0.3 is 15.4 Å². The predicted octanol–water partition coefficient (Wildman–Crippen LogP) is 1.41. The van der Waals surface area contributed by atoms with Crippen molar-refractivity contribution < 1.29 is 9.53 Å². The van der Waals surface area contributed by atoms with Gasteiger partial charge in [0.15, 0.2) is 0 Å². The van der Waals surface area contributed by atoms with Crippen molar-refractivity contribution in [3.8, 4) is 0 Å². The second-order valence-electron chi connectivity index (χ2n) is 3.93. The summed E-state index contributed by atoms with van der Waals surface area (Å²) in [6, 6.07) is 7.42. The second kappa shape index (κ2) is 4.43. The van der Waals surface area contributed by atoms with Crippen LogP contribution in [0.15, 0.2) is 24.3 Å². The average molecular weight is 220 g/mol. The monoisotopic (exact) mass is 220 g/mol. The maximum absolute atomic E-state index is 11.6. The van der Waals surface area contributed by atoms with Crippen molar-refractivity contribution in [3.63, 3.8) is 0 Å². The first-order valence-electron chi connectivity index (χ1n) is 5.43. The highest BCUT2D eigenvalue weighted by molar-refractivity contribution is 5.83. The fourth-order valence-corrected chi connectivity index (χ4v) is 2.19. The molecule has 0 spiro atoms. The molecule has 1 aromatic rings. The van der Waals surface area contributed by atoms with Crippen LogP contribution >= 0.6 is 0 Å². The summed E-state index contributed by atoms with van der Waals surface area (Å²) >= 11 is 0. The molecule has 0 amide bonds. The molecule has 2 N–H and O–H groups in total. The molecule has 0 saturated carbocycles. The summed E-state index contributed by atoms with van der Waals surface area (Å²) < 4.78 is 4.80. The van der Waals surface area contributed by atoms with E-state index in [0.29, 0.717) is 5.69 Å². The number of ether oxygens (including phenoxy) is 1. The summed E-state index contributed by atoms with van der Waals surface area (Å²) in [5.74, 6) is -0.180. The lowest BCUT2D eigenvalue weighted by Crippen LogP contribution is -2.37. The van der Waals surface area contributed by atoms with Crippen LogP contribution in [0.3, 0.4) is 0 Å². The lowest BCUT2D eigenvalue weighted by atomic mass is 10.2. The standard InChI is InChI=1S/C12H16N2O2/c1-16-12(15)11-7-4-8-14(11)10-6-3-2-5-9(10)13/h2-3,5-6,11H,4,7-8,13H2,1H3/t11-/m1/s1. The molecular weight excluding hydrogens is 204 g/mol. The van der Waals surface area contributed by atoms with Crippen molar-refractivity contribution in [2.75, 3.05) is 24.3 Å². The zero-order valence-electron chi connectivity index (χ0n) is 9.35. The third-order valence-corrected chi connectivity index (χ3v) is 2.97. The first kappa shape index (κ1) is 10.8. The van der Waals surface area contributed by atoms with E-state index >= 15 is 0 Å². The molecule has 0 aromatic heterocycles. The predicted molar refractivity (Wildman–Crippen MR) is 63.2 cm³/mol. The number of esters is 1. The quantitative estimate of drug-likeness (QED) is 0.605. The van der Waals surface area contributed by atoms with E-state index in [4.69, 9.17) is 10.5 Å². The van der Waals surface area contributed by atoms with Crippen LogP contribution in [0, 0.1) is 0 Å². The molecule has 1 fully saturated rings. The highest BCUT2D eigenvalue weighted by Crippen LogP contribution is 2.30. The molecule has 1 aliphatic heterocycles. The normalized spacial score (nSPS) is 19.8. The molecule has 0 unspecified atom stereocenters. The van der Waals surface area contributed by atoms with Gasteiger partial charge in [0.1, 0.15) is 6.04 Å². The number of nitrogens with two attached hydrogens (primary N) is 1. The molecule has 4 heteroatoms. The minimum Gasteiger partial charge on any atom is -0.467 e. The number of methoxy groups -OCH3 is 1. The first-order valence-corrected chi connectivity index (χ1v) is 5.43. The van der Waals surface area contributed by atoms with E-state index in [1.807, 2.05) is 29.2 Å². The fourth-order valence-electron chi connectivity index (χ4n) is 2.19. The molecule has 1 atom stereocenters. The number of nitrogen functional groups attached to an aromatic ring is 1. The van der Waals surface area contributed by atoms with Crippen LogP contribution in [-0.4, -0.2) is 25.7 Å². The van der Waals surface area contributed by atoms with E-state index in [2.05, 4.69) is 0 Å². The van der Waals surface area contributed by atoms with Crippen LogP contribution in [0.25, 0.3) is 0 Å². The smallest absolute Gasteiger partial charge is 0.328 e. The number of rotatable bonds is 2. The van der Waals surface area contributed by atoms with Crippen molar-refractivity contribution in [2.45, 2.75) is 18.9 Å². The Kier molecular flexibility index (Phi) is 2.99. The molecule has 1 saturated heterocycles. The number of carbonyl (C=O) groups excluding carboxylic acids is 1. The molecule has 0 aliphatic carbocycles. The summed E-state index contributed by atoms with van der Waals surface area (Å²) in [5, 5.41) is 0. The van der Waals surface area contributed by atoms with Crippen LogP contribution in [0.1, 0.15) is 12.8 Å². The molecule has 4 nitrogen and oxygen atoms in total. The Morgan fingerprint density at radius 1 is 1.50 bits per heavy atom. The highest BCUT2D eigenvalue weighted by atomic mass is 16.5.